The molecule has 0 aliphatic carbocycles. The fourth-order valence-electron chi connectivity index (χ4n) is 2.55. The van der Waals surface area contributed by atoms with Gasteiger partial charge in [-0.3, -0.25) is 0 Å². The number of ether oxygens (including phenoxy) is 1. The molecular weight excluding hydrogens is 333 g/mol. The largest absolute Gasteiger partial charge is 0.432 e. The SMILES string of the molecule is CC(NS(=O)(=O)c1ccc(OC(F)F)c(F)c1)C1CCCNC1. The summed E-state index contributed by atoms with van der Waals surface area (Å²) in [6.07, 6.45) is 1.86. The molecule has 2 atom stereocenters. The van der Waals surface area contributed by atoms with Crippen LogP contribution in [0.2, 0.25) is 0 Å². The summed E-state index contributed by atoms with van der Waals surface area (Å²) in [6, 6.07) is 2.26. The maximum absolute atomic E-state index is 13.7. The van der Waals surface area contributed by atoms with Gasteiger partial charge in [0.05, 0.1) is 4.90 Å². The molecule has 0 bridgehead atoms. The Labute approximate surface area is 133 Å². The second-order valence-corrected chi connectivity index (χ2v) is 7.20. The van der Waals surface area contributed by atoms with Crippen molar-refractivity contribution in [2.75, 3.05) is 13.1 Å². The zero-order chi connectivity index (χ0) is 17.0. The van der Waals surface area contributed by atoms with Crippen molar-refractivity contribution in [1.82, 2.24) is 10.0 Å². The number of rotatable bonds is 6. The summed E-state index contributed by atoms with van der Waals surface area (Å²) in [7, 11) is -3.94. The Hall–Kier alpha value is -1.32. The fourth-order valence-corrected chi connectivity index (χ4v) is 3.88. The van der Waals surface area contributed by atoms with E-state index in [0.29, 0.717) is 12.6 Å². The molecule has 0 aromatic heterocycles. The van der Waals surface area contributed by atoms with Gasteiger partial charge in [0.15, 0.2) is 11.6 Å². The Bertz CT molecular complexity index is 634. The molecule has 2 unspecified atom stereocenters. The molecule has 1 aliphatic rings. The molecule has 0 radical (unpaired) electrons. The van der Waals surface area contributed by atoms with Crippen LogP contribution in [0, 0.1) is 11.7 Å². The van der Waals surface area contributed by atoms with Gasteiger partial charge in [-0.15, -0.1) is 0 Å². The Balaban J connectivity index is 2.11. The van der Waals surface area contributed by atoms with Crippen LogP contribution in [0.15, 0.2) is 23.1 Å². The van der Waals surface area contributed by atoms with Crippen molar-refractivity contribution in [1.29, 1.82) is 0 Å². The Morgan fingerprint density at radius 1 is 1.39 bits per heavy atom. The Morgan fingerprint density at radius 3 is 2.70 bits per heavy atom. The molecule has 9 heteroatoms. The van der Waals surface area contributed by atoms with E-state index >= 15 is 0 Å². The molecule has 1 fully saturated rings. The molecule has 0 amide bonds. The van der Waals surface area contributed by atoms with Crippen molar-refractivity contribution in [2.24, 2.45) is 5.92 Å². The summed E-state index contributed by atoms with van der Waals surface area (Å²) >= 11 is 0. The van der Waals surface area contributed by atoms with Crippen LogP contribution in [0.4, 0.5) is 13.2 Å². The van der Waals surface area contributed by atoms with Crippen LogP contribution in [0.1, 0.15) is 19.8 Å². The number of hydrogen-bond donors (Lipinski definition) is 2. The summed E-state index contributed by atoms with van der Waals surface area (Å²) in [5.74, 6) is -1.70. The average Bonchev–Trinajstić information content (AvgIpc) is 2.49. The van der Waals surface area contributed by atoms with E-state index in [1.165, 1.54) is 0 Å². The molecule has 1 heterocycles. The second-order valence-electron chi connectivity index (χ2n) is 5.49. The highest BCUT2D eigenvalue weighted by atomic mass is 32.2. The highest BCUT2D eigenvalue weighted by Crippen LogP contribution is 2.23. The number of hydrogen-bond acceptors (Lipinski definition) is 4. The maximum atomic E-state index is 13.7. The van der Waals surface area contributed by atoms with Gasteiger partial charge in [0.2, 0.25) is 10.0 Å². The Kier molecular flexibility index (Phi) is 5.88. The molecule has 5 nitrogen and oxygen atoms in total. The topological polar surface area (TPSA) is 67.4 Å². The first-order valence-electron chi connectivity index (χ1n) is 7.27. The van der Waals surface area contributed by atoms with Gasteiger partial charge in [0, 0.05) is 6.04 Å². The lowest BCUT2D eigenvalue weighted by Crippen LogP contribution is -2.44. The van der Waals surface area contributed by atoms with Gasteiger partial charge in [-0.1, -0.05) is 0 Å². The number of halogens is 3. The van der Waals surface area contributed by atoms with Gasteiger partial charge < -0.3 is 10.1 Å². The highest BCUT2D eigenvalue weighted by molar-refractivity contribution is 7.89. The number of piperidine rings is 1. The van der Waals surface area contributed by atoms with Crippen molar-refractivity contribution >= 4 is 10.0 Å². The molecule has 0 spiro atoms. The number of benzene rings is 1. The second kappa shape index (κ2) is 7.50. The number of alkyl halides is 2. The van der Waals surface area contributed by atoms with Gasteiger partial charge in [0.25, 0.3) is 0 Å². The lowest BCUT2D eigenvalue weighted by molar-refractivity contribution is -0.0522. The molecular formula is C14H19F3N2O3S. The lowest BCUT2D eigenvalue weighted by Gasteiger charge is -2.28. The molecule has 23 heavy (non-hydrogen) atoms. The number of nitrogens with one attached hydrogen (secondary N) is 2. The Morgan fingerprint density at radius 2 is 2.13 bits per heavy atom. The molecule has 2 N–H and O–H groups in total. The van der Waals surface area contributed by atoms with Gasteiger partial charge >= 0.3 is 6.61 Å². The predicted octanol–water partition coefficient (Wildman–Crippen LogP) is 2.09. The van der Waals surface area contributed by atoms with Crippen molar-refractivity contribution in [2.45, 2.75) is 37.3 Å². The van der Waals surface area contributed by atoms with E-state index in [-0.39, 0.29) is 16.9 Å². The first-order chi connectivity index (χ1) is 10.8. The minimum absolute atomic E-state index is 0.143. The quantitative estimate of drug-likeness (QED) is 0.823. The third-order valence-electron chi connectivity index (χ3n) is 3.81. The maximum Gasteiger partial charge on any atom is 0.387 e. The minimum atomic E-state index is -3.94. The highest BCUT2D eigenvalue weighted by Gasteiger charge is 2.26. The molecule has 2 rings (SSSR count). The van der Waals surface area contributed by atoms with Gasteiger partial charge in [-0.05, 0) is 57.0 Å². The lowest BCUT2D eigenvalue weighted by atomic mass is 9.94. The standard InChI is InChI=1S/C14H19F3N2O3S/c1-9(10-3-2-6-18-8-10)19-23(20,21)11-4-5-13(12(15)7-11)22-14(16)17/h4-5,7,9-10,14,18-19H,2-3,6,8H2,1H3. The normalized spacial score (nSPS) is 20.5. The zero-order valence-corrected chi connectivity index (χ0v) is 13.4. The van der Waals surface area contributed by atoms with Crippen molar-refractivity contribution in [3.8, 4) is 5.75 Å². The van der Waals surface area contributed by atoms with E-state index in [1.807, 2.05) is 0 Å². The van der Waals surface area contributed by atoms with Crippen molar-refractivity contribution in [3.63, 3.8) is 0 Å². The van der Waals surface area contributed by atoms with Crippen LogP contribution < -0.4 is 14.8 Å². The van der Waals surface area contributed by atoms with Crippen LogP contribution in [0.25, 0.3) is 0 Å². The summed E-state index contributed by atoms with van der Waals surface area (Å²) < 4.78 is 68.9. The van der Waals surface area contributed by atoms with Crippen LogP contribution in [0.3, 0.4) is 0 Å². The smallest absolute Gasteiger partial charge is 0.387 e. The van der Waals surface area contributed by atoms with Crippen molar-refractivity contribution < 1.29 is 26.3 Å². The van der Waals surface area contributed by atoms with E-state index in [9.17, 15) is 21.6 Å². The van der Waals surface area contributed by atoms with Crippen LogP contribution in [0.5, 0.6) is 5.75 Å². The first kappa shape index (κ1) is 18.0. The van der Waals surface area contributed by atoms with Gasteiger partial charge in [0.1, 0.15) is 0 Å². The summed E-state index contributed by atoms with van der Waals surface area (Å²) in [5, 5.41) is 3.19. The molecule has 1 saturated heterocycles. The summed E-state index contributed by atoms with van der Waals surface area (Å²) in [4.78, 5) is -0.327. The van der Waals surface area contributed by atoms with Crippen LogP contribution in [-0.2, 0) is 10.0 Å². The van der Waals surface area contributed by atoms with Crippen molar-refractivity contribution in [3.05, 3.63) is 24.0 Å². The van der Waals surface area contributed by atoms with Gasteiger partial charge in [-0.25, -0.2) is 17.5 Å². The predicted molar refractivity (Wildman–Crippen MR) is 78.4 cm³/mol. The molecule has 0 saturated carbocycles. The van der Waals surface area contributed by atoms with E-state index in [0.717, 1.165) is 31.5 Å². The third-order valence-corrected chi connectivity index (χ3v) is 5.37. The molecule has 130 valence electrons. The average molecular weight is 352 g/mol. The molecule has 1 aliphatic heterocycles. The van der Waals surface area contributed by atoms with E-state index in [2.05, 4.69) is 14.8 Å². The monoisotopic (exact) mass is 352 g/mol. The zero-order valence-electron chi connectivity index (χ0n) is 12.6. The molecule has 1 aromatic carbocycles. The van der Waals surface area contributed by atoms with E-state index in [1.54, 1.807) is 6.92 Å². The summed E-state index contributed by atoms with van der Waals surface area (Å²) in [6.45, 7) is 0.190. The third kappa shape index (κ3) is 4.82. The van der Waals surface area contributed by atoms with Crippen LogP contribution >= 0.6 is 0 Å². The summed E-state index contributed by atoms with van der Waals surface area (Å²) in [5.41, 5.74) is 0. The minimum Gasteiger partial charge on any atom is -0.432 e. The number of sulfonamides is 1. The molecule has 1 aromatic rings. The van der Waals surface area contributed by atoms with E-state index < -0.39 is 28.2 Å². The van der Waals surface area contributed by atoms with E-state index in [4.69, 9.17) is 0 Å². The fraction of sp³-hybridized carbons (Fsp3) is 0.571. The first-order valence-corrected chi connectivity index (χ1v) is 8.75. The van der Waals surface area contributed by atoms with Crippen LogP contribution in [-0.4, -0.2) is 34.2 Å². The van der Waals surface area contributed by atoms with Gasteiger partial charge in [-0.2, -0.15) is 8.78 Å².